The van der Waals surface area contributed by atoms with E-state index in [9.17, 15) is 19.7 Å². The molecule has 4 rings (SSSR count). The zero-order chi connectivity index (χ0) is 22.7. The molecule has 0 unspecified atom stereocenters. The van der Waals surface area contributed by atoms with Gasteiger partial charge in [0.15, 0.2) is 11.0 Å². The number of benzene rings is 1. The fraction of sp³-hybridized carbons (Fsp3) is 0.300. The minimum absolute atomic E-state index is 0.0242. The molecule has 10 nitrogen and oxygen atoms in total. The normalized spacial score (nSPS) is 13.1. The molecule has 0 bridgehead atoms. The van der Waals surface area contributed by atoms with Crippen LogP contribution < -0.4 is 10.6 Å². The van der Waals surface area contributed by atoms with Crippen LogP contribution in [0.1, 0.15) is 18.4 Å². The van der Waals surface area contributed by atoms with Gasteiger partial charge in [-0.15, -0.1) is 21.5 Å². The van der Waals surface area contributed by atoms with Crippen molar-refractivity contribution in [3.8, 4) is 10.7 Å². The summed E-state index contributed by atoms with van der Waals surface area (Å²) in [6.07, 6.45) is 1.57. The minimum Gasteiger partial charge on any atom is -0.370 e. The van der Waals surface area contributed by atoms with E-state index in [0.29, 0.717) is 36.2 Å². The molecular weight excluding hydrogens is 452 g/mol. The van der Waals surface area contributed by atoms with E-state index in [4.69, 9.17) is 5.73 Å². The first-order valence-corrected chi connectivity index (χ1v) is 11.8. The molecule has 0 radical (unpaired) electrons. The van der Waals surface area contributed by atoms with Gasteiger partial charge in [0.2, 0.25) is 11.8 Å². The highest BCUT2D eigenvalue weighted by atomic mass is 32.2. The van der Waals surface area contributed by atoms with E-state index >= 15 is 0 Å². The molecule has 166 valence electrons. The number of aromatic nitrogens is 3. The zero-order valence-electron chi connectivity index (χ0n) is 17.0. The number of nitro groups is 1. The van der Waals surface area contributed by atoms with Gasteiger partial charge in [-0.2, -0.15) is 0 Å². The number of hydrogen-bond acceptors (Lipinski definition) is 8. The number of primary amides is 1. The number of nitrogens with zero attached hydrogens (tertiary/aromatic N) is 5. The lowest BCUT2D eigenvalue weighted by Crippen LogP contribution is -2.36. The number of thioether (sulfide) groups is 1. The van der Waals surface area contributed by atoms with Crippen LogP contribution in [0.4, 0.5) is 11.4 Å². The van der Waals surface area contributed by atoms with Crippen LogP contribution in [0.3, 0.4) is 0 Å². The van der Waals surface area contributed by atoms with Gasteiger partial charge in [0.25, 0.3) is 5.69 Å². The first-order chi connectivity index (χ1) is 15.4. The summed E-state index contributed by atoms with van der Waals surface area (Å²) in [6.45, 7) is 0.876. The molecule has 1 aliphatic heterocycles. The molecule has 2 amide bonds. The Morgan fingerprint density at radius 1 is 1.28 bits per heavy atom. The van der Waals surface area contributed by atoms with Gasteiger partial charge in [-0.05, 0) is 35.9 Å². The third-order valence-corrected chi connectivity index (χ3v) is 6.88. The third kappa shape index (κ3) is 4.65. The molecule has 0 atom stereocenters. The Labute approximate surface area is 191 Å². The second-order valence-corrected chi connectivity index (χ2v) is 9.05. The van der Waals surface area contributed by atoms with Gasteiger partial charge in [0, 0.05) is 37.3 Å². The predicted molar refractivity (Wildman–Crippen MR) is 122 cm³/mol. The maximum atomic E-state index is 13.0. The van der Waals surface area contributed by atoms with E-state index in [1.807, 2.05) is 22.1 Å². The molecule has 1 aliphatic rings. The summed E-state index contributed by atoms with van der Waals surface area (Å²) in [5.74, 6) is 0.205. The molecule has 0 spiro atoms. The second kappa shape index (κ2) is 9.49. The Balaban J connectivity index is 1.51. The van der Waals surface area contributed by atoms with Crippen LogP contribution in [-0.2, 0) is 22.6 Å². The number of non-ortho nitro benzene ring substituents is 1. The van der Waals surface area contributed by atoms with E-state index in [-0.39, 0.29) is 23.8 Å². The molecule has 0 saturated carbocycles. The predicted octanol–water partition coefficient (Wildman–Crippen LogP) is 2.86. The molecule has 0 saturated heterocycles. The average Bonchev–Trinajstić information content (AvgIpc) is 3.44. The van der Waals surface area contributed by atoms with Crippen LogP contribution in [0.5, 0.6) is 0 Å². The van der Waals surface area contributed by atoms with E-state index in [2.05, 4.69) is 10.2 Å². The number of aryl methyl sites for hydroxylation is 1. The van der Waals surface area contributed by atoms with Crippen LogP contribution in [0, 0.1) is 10.1 Å². The summed E-state index contributed by atoms with van der Waals surface area (Å²) in [5, 5.41) is 22.0. The lowest BCUT2D eigenvalue weighted by molar-refractivity contribution is -0.384. The fourth-order valence-electron chi connectivity index (χ4n) is 3.57. The number of nitrogens with two attached hydrogens (primary N) is 1. The summed E-state index contributed by atoms with van der Waals surface area (Å²) >= 11 is 2.75. The van der Waals surface area contributed by atoms with Crippen molar-refractivity contribution in [1.29, 1.82) is 0 Å². The zero-order valence-corrected chi connectivity index (χ0v) is 18.6. The number of anilines is 1. The van der Waals surface area contributed by atoms with Crippen LogP contribution in [-0.4, -0.2) is 43.8 Å². The van der Waals surface area contributed by atoms with Crippen LogP contribution in [0.15, 0.2) is 40.9 Å². The molecule has 1 aromatic carbocycles. The topological polar surface area (TPSA) is 137 Å². The van der Waals surface area contributed by atoms with Crippen molar-refractivity contribution in [3.63, 3.8) is 0 Å². The second-order valence-electron chi connectivity index (χ2n) is 7.16. The molecular formula is C20H20N6O4S2. The van der Waals surface area contributed by atoms with Gasteiger partial charge >= 0.3 is 0 Å². The van der Waals surface area contributed by atoms with Crippen LogP contribution >= 0.6 is 23.1 Å². The number of fused-ring (bicyclic) bond motifs is 1. The number of rotatable bonds is 8. The SMILES string of the molecule is NC(=O)CCn1c(SCC(=O)N2CCCc3cc([N+](=O)[O-])ccc32)nnc1-c1cccs1. The van der Waals surface area contributed by atoms with E-state index in [1.54, 1.807) is 11.0 Å². The van der Waals surface area contributed by atoms with Crippen molar-refractivity contribution in [2.45, 2.75) is 31.0 Å². The average molecular weight is 473 g/mol. The van der Waals surface area contributed by atoms with Crippen molar-refractivity contribution in [1.82, 2.24) is 14.8 Å². The summed E-state index contributed by atoms with van der Waals surface area (Å²) in [5.41, 5.74) is 6.86. The summed E-state index contributed by atoms with van der Waals surface area (Å²) in [7, 11) is 0. The molecule has 3 heterocycles. The van der Waals surface area contributed by atoms with E-state index in [0.717, 1.165) is 16.9 Å². The molecule has 2 aromatic heterocycles. The van der Waals surface area contributed by atoms with Gasteiger partial charge in [0.05, 0.1) is 15.6 Å². The van der Waals surface area contributed by atoms with Gasteiger partial charge in [-0.25, -0.2) is 0 Å². The number of amides is 2. The number of hydrogen-bond donors (Lipinski definition) is 1. The Morgan fingerprint density at radius 2 is 2.12 bits per heavy atom. The van der Waals surface area contributed by atoms with Crippen LogP contribution in [0.2, 0.25) is 0 Å². The van der Waals surface area contributed by atoms with Crippen molar-refractivity contribution < 1.29 is 14.5 Å². The quantitative estimate of drug-likeness (QED) is 0.302. The van der Waals surface area contributed by atoms with Crippen molar-refractivity contribution >= 4 is 46.3 Å². The third-order valence-electron chi connectivity index (χ3n) is 5.06. The molecule has 32 heavy (non-hydrogen) atoms. The number of nitro benzene ring substituents is 1. The van der Waals surface area contributed by atoms with Crippen LogP contribution in [0.25, 0.3) is 10.7 Å². The monoisotopic (exact) mass is 472 g/mol. The van der Waals surface area contributed by atoms with Crippen molar-refractivity contribution in [2.24, 2.45) is 5.73 Å². The highest BCUT2D eigenvalue weighted by Crippen LogP contribution is 2.32. The Morgan fingerprint density at radius 3 is 2.84 bits per heavy atom. The first kappa shape index (κ1) is 22.0. The standard InChI is InChI=1S/C20H20N6O4S2/c21-17(27)7-9-25-19(16-4-2-10-31-16)22-23-20(25)32-12-18(28)24-8-1-3-13-11-14(26(29)30)5-6-15(13)24/h2,4-6,10-11H,1,3,7-9,12H2,(H2,21,27). The number of carbonyl (C=O) groups is 2. The van der Waals surface area contributed by atoms with E-state index < -0.39 is 10.8 Å². The highest BCUT2D eigenvalue weighted by molar-refractivity contribution is 7.99. The molecule has 0 fully saturated rings. The molecule has 3 aromatic rings. The lowest BCUT2D eigenvalue weighted by atomic mass is 10.0. The summed E-state index contributed by atoms with van der Waals surface area (Å²) in [4.78, 5) is 37.5. The highest BCUT2D eigenvalue weighted by Gasteiger charge is 2.25. The molecule has 12 heteroatoms. The Hall–Kier alpha value is -3.25. The first-order valence-electron chi connectivity index (χ1n) is 9.90. The van der Waals surface area contributed by atoms with E-state index in [1.165, 1.54) is 35.2 Å². The molecule has 2 N–H and O–H groups in total. The molecule has 0 aliphatic carbocycles. The maximum Gasteiger partial charge on any atom is 0.269 e. The van der Waals surface area contributed by atoms with Gasteiger partial charge in [-0.1, -0.05) is 17.8 Å². The van der Waals surface area contributed by atoms with Crippen molar-refractivity contribution in [2.75, 3.05) is 17.2 Å². The van der Waals surface area contributed by atoms with Gasteiger partial charge < -0.3 is 15.2 Å². The Bertz CT molecular complexity index is 1160. The van der Waals surface area contributed by atoms with Gasteiger partial charge in [0.1, 0.15) is 0 Å². The smallest absolute Gasteiger partial charge is 0.269 e. The minimum atomic E-state index is -0.430. The van der Waals surface area contributed by atoms with Crippen molar-refractivity contribution in [3.05, 3.63) is 51.4 Å². The fourth-order valence-corrected chi connectivity index (χ4v) is 5.13. The largest absolute Gasteiger partial charge is 0.370 e. The van der Waals surface area contributed by atoms with Gasteiger partial charge in [-0.3, -0.25) is 19.7 Å². The lowest BCUT2D eigenvalue weighted by Gasteiger charge is -2.29. The number of carbonyl (C=O) groups excluding carboxylic acids is 2. The Kier molecular flexibility index (Phi) is 6.51. The number of thiophene rings is 1. The maximum absolute atomic E-state index is 13.0. The summed E-state index contributed by atoms with van der Waals surface area (Å²) < 4.78 is 1.81. The summed E-state index contributed by atoms with van der Waals surface area (Å²) in [6, 6.07) is 8.42.